The number of hydrogen-bond donors (Lipinski definition) is 1. The minimum absolute atomic E-state index is 0.158. The molecule has 0 heterocycles. The van der Waals surface area contributed by atoms with Crippen molar-refractivity contribution in [3.8, 4) is 0 Å². The van der Waals surface area contributed by atoms with Crippen molar-refractivity contribution in [1.82, 2.24) is 4.90 Å². The van der Waals surface area contributed by atoms with Gasteiger partial charge >= 0.3 is 0 Å². The van der Waals surface area contributed by atoms with Crippen molar-refractivity contribution in [2.75, 3.05) is 12.4 Å². The van der Waals surface area contributed by atoms with Gasteiger partial charge < -0.3 is 10.2 Å². The molecular formula is C22H19BrN2O2. The number of benzene rings is 3. The van der Waals surface area contributed by atoms with Gasteiger partial charge in [0.1, 0.15) is 0 Å². The number of amides is 2. The van der Waals surface area contributed by atoms with Crippen LogP contribution in [0.15, 0.2) is 83.3 Å². The molecule has 0 radical (unpaired) electrons. The number of hydrogen-bond acceptors (Lipinski definition) is 2. The maximum absolute atomic E-state index is 13.0. The third-order valence-electron chi connectivity index (χ3n) is 4.15. The van der Waals surface area contributed by atoms with Gasteiger partial charge in [0.05, 0.1) is 11.3 Å². The number of carbonyl (C=O) groups is 2. The summed E-state index contributed by atoms with van der Waals surface area (Å²) in [6.07, 6.45) is 0. The number of para-hydroxylation sites is 1. The lowest BCUT2D eigenvalue weighted by Crippen LogP contribution is -2.27. The van der Waals surface area contributed by atoms with Crippen molar-refractivity contribution >= 4 is 33.4 Å². The third kappa shape index (κ3) is 4.63. The zero-order valence-electron chi connectivity index (χ0n) is 14.9. The summed E-state index contributed by atoms with van der Waals surface area (Å²) in [4.78, 5) is 27.0. The molecule has 0 aliphatic heterocycles. The number of anilines is 1. The van der Waals surface area contributed by atoms with Gasteiger partial charge in [-0.3, -0.25) is 9.59 Å². The summed E-state index contributed by atoms with van der Waals surface area (Å²) in [5, 5.41) is 2.84. The van der Waals surface area contributed by atoms with E-state index in [1.807, 2.05) is 30.3 Å². The molecule has 0 spiro atoms. The molecule has 0 saturated carbocycles. The molecule has 2 amide bonds. The van der Waals surface area contributed by atoms with E-state index < -0.39 is 0 Å². The van der Waals surface area contributed by atoms with E-state index in [1.54, 1.807) is 60.5 Å². The van der Waals surface area contributed by atoms with Gasteiger partial charge in [0.2, 0.25) is 0 Å². The van der Waals surface area contributed by atoms with Crippen molar-refractivity contribution in [2.45, 2.75) is 6.54 Å². The second kappa shape index (κ2) is 8.64. The average Bonchev–Trinajstić information content (AvgIpc) is 2.70. The molecule has 0 saturated heterocycles. The molecule has 0 aromatic heterocycles. The fourth-order valence-electron chi connectivity index (χ4n) is 2.72. The number of carbonyl (C=O) groups excluding carboxylic acids is 2. The molecule has 4 nitrogen and oxygen atoms in total. The second-order valence-electron chi connectivity index (χ2n) is 6.12. The molecular weight excluding hydrogens is 404 g/mol. The summed E-state index contributed by atoms with van der Waals surface area (Å²) < 4.78 is 0.954. The normalized spacial score (nSPS) is 10.3. The molecule has 0 aliphatic rings. The van der Waals surface area contributed by atoms with Gasteiger partial charge in [-0.05, 0) is 35.9 Å². The van der Waals surface area contributed by atoms with Crippen LogP contribution in [0, 0.1) is 0 Å². The van der Waals surface area contributed by atoms with E-state index in [2.05, 4.69) is 21.2 Å². The van der Waals surface area contributed by atoms with E-state index in [1.165, 1.54) is 0 Å². The Morgan fingerprint density at radius 2 is 1.52 bits per heavy atom. The summed E-state index contributed by atoms with van der Waals surface area (Å²) >= 11 is 3.51. The lowest BCUT2D eigenvalue weighted by molar-refractivity contribution is 0.0786. The van der Waals surface area contributed by atoms with Crippen LogP contribution in [0.4, 0.5) is 5.69 Å². The van der Waals surface area contributed by atoms with E-state index in [4.69, 9.17) is 0 Å². The molecule has 0 bridgehead atoms. The molecule has 3 rings (SSSR count). The highest BCUT2D eigenvalue weighted by atomic mass is 79.9. The minimum Gasteiger partial charge on any atom is -0.337 e. The highest BCUT2D eigenvalue weighted by Crippen LogP contribution is 2.21. The molecule has 136 valence electrons. The first kappa shape index (κ1) is 18.9. The van der Waals surface area contributed by atoms with Gasteiger partial charge in [-0.2, -0.15) is 0 Å². The van der Waals surface area contributed by atoms with Crippen LogP contribution in [0.2, 0.25) is 0 Å². The summed E-state index contributed by atoms with van der Waals surface area (Å²) in [7, 11) is 1.75. The van der Waals surface area contributed by atoms with Crippen molar-refractivity contribution in [1.29, 1.82) is 0 Å². The smallest absolute Gasteiger partial charge is 0.256 e. The maximum atomic E-state index is 13.0. The van der Waals surface area contributed by atoms with E-state index in [0.29, 0.717) is 23.4 Å². The Bertz CT molecular complexity index is 957. The zero-order valence-corrected chi connectivity index (χ0v) is 16.4. The lowest BCUT2D eigenvalue weighted by Gasteiger charge is -2.20. The number of rotatable bonds is 5. The van der Waals surface area contributed by atoms with E-state index in [0.717, 1.165) is 10.0 Å². The largest absolute Gasteiger partial charge is 0.337 e. The van der Waals surface area contributed by atoms with Crippen LogP contribution in [0.5, 0.6) is 0 Å². The molecule has 0 unspecified atom stereocenters. The van der Waals surface area contributed by atoms with Gasteiger partial charge in [0.25, 0.3) is 11.8 Å². The summed E-state index contributed by atoms with van der Waals surface area (Å²) in [6, 6.07) is 23.8. The summed E-state index contributed by atoms with van der Waals surface area (Å²) in [5.41, 5.74) is 2.51. The topological polar surface area (TPSA) is 49.4 Å². The monoisotopic (exact) mass is 422 g/mol. The Kier molecular flexibility index (Phi) is 6.04. The molecule has 3 aromatic carbocycles. The first-order valence-electron chi connectivity index (χ1n) is 8.50. The number of halogens is 1. The quantitative estimate of drug-likeness (QED) is 0.630. The maximum Gasteiger partial charge on any atom is 0.256 e. The summed E-state index contributed by atoms with van der Waals surface area (Å²) in [6.45, 7) is 0.460. The first-order chi connectivity index (χ1) is 13.1. The van der Waals surface area contributed by atoms with Crippen LogP contribution in [-0.2, 0) is 6.54 Å². The van der Waals surface area contributed by atoms with Crippen molar-refractivity contribution in [3.05, 3.63) is 100 Å². The Morgan fingerprint density at radius 1 is 0.889 bits per heavy atom. The van der Waals surface area contributed by atoms with E-state index in [-0.39, 0.29) is 11.8 Å². The predicted octanol–water partition coefficient (Wildman–Crippen LogP) is 4.97. The van der Waals surface area contributed by atoms with Crippen LogP contribution in [0.1, 0.15) is 26.3 Å². The molecule has 5 heteroatoms. The lowest BCUT2D eigenvalue weighted by atomic mass is 10.1. The van der Waals surface area contributed by atoms with Gasteiger partial charge in [0.15, 0.2) is 0 Å². The number of nitrogens with one attached hydrogen (secondary N) is 1. The average molecular weight is 423 g/mol. The van der Waals surface area contributed by atoms with Crippen molar-refractivity contribution in [3.63, 3.8) is 0 Å². The SMILES string of the molecule is CN(Cc1ccccc1Br)C(=O)c1ccccc1NC(=O)c1ccccc1. The standard InChI is InChI=1S/C22H19BrN2O2/c1-25(15-17-11-5-7-13-19(17)23)22(27)18-12-6-8-14-20(18)24-21(26)16-9-3-2-4-10-16/h2-14H,15H2,1H3,(H,24,26). The third-order valence-corrected chi connectivity index (χ3v) is 4.93. The van der Waals surface area contributed by atoms with Crippen molar-refractivity contribution in [2.24, 2.45) is 0 Å². The van der Waals surface area contributed by atoms with E-state index >= 15 is 0 Å². The van der Waals surface area contributed by atoms with Crippen LogP contribution in [0.25, 0.3) is 0 Å². The summed E-state index contributed by atoms with van der Waals surface area (Å²) in [5.74, 6) is -0.404. The Labute approximate surface area is 167 Å². The van der Waals surface area contributed by atoms with Gasteiger partial charge in [0, 0.05) is 23.6 Å². The zero-order chi connectivity index (χ0) is 19.2. The predicted molar refractivity (Wildman–Crippen MR) is 111 cm³/mol. The fraction of sp³-hybridized carbons (Fsp3) is 0.0909. The van der Waals surface area contributed by atoms with Crippen LogP contribution >= 0.6 is 15.9 Å². The molecule has 27 heavy (non-hydrogen) atoms. The van der Waals surface area contributed by atoms with Crippen LogP contribution in [0.3, 0.4) is 0 Å². The molecule has 1 N–H and O–H groups in total. The molecule has 0 fully saturated rings. The Hall–Kier alpha value is -2.92. The van der Waals surface area contributed by atoms with Gasteiger partial charge in [-0.1, -0.05) is 64.5 Å². The second-order valence-corrected chi connectivity index (χ2v) is 6.97. The molecule has 0 aliphatic carbocycles. The highest BCUT2D eigenvalue weighted by Gasteiger charge is 2.18. The Morgan fingerprint density at radius 3 is 2.26 bits per heavy atom. The Balaban J connectivity index is 1.79. The molecule has 3 aromatic rings. The van der Waals surface area contributed by atoms with Crippen LogP contribution < -0.4 is 5.32 Å². The minimum atomic E-state index is -0.246. The van der Waals surface area contributed by atoms with Gasteiger partial charge in [-0.25, -0.2) is 0 Å². The van der Waals surface area contributed by atoms with Crippen LogP contribution in [-0.4, -0.2) is 23.8 Å². The number of nitrogens with zero attached hydrogens (tertiary/aromatic N) is 1. The highest BCUT2D eigenvalue weighted by molar-refractivity contribution is 9.10. The first-order valence-corrected chi connectivity index (χ1v) is 9.30. The van der Waals surface area contributed by atoms with Gasteiger partial charge in [-0.15, -0.1) is 0 Å². The fourth-order valence-corrected chi connectivity index (χ4v) is 3.13. The molecule has 0 atom stereocenters. The van der Waals surface area contributed by atoms with E-state index in [9.17, 15) is 9.59 Å². The van der Waals surface area contributed by atoms with Crippen molar-refractivity contribution < 1.29 is 9.59 Å².